The van der Waals surface area contributed by atoms with E-state index in [1.807, 2.05) is 15.9 Å². The van der Waals surface area contributed by atoms with Crippen LogP contribution in [0.2, 0.25) is 0 Å². The maximum Gasteiger partial charge on any atom is 0.231 e. The number of nitrogens with zero attached hydrogens (tertiary/aromatic N) is 4. The van der Waals surface area contributed by atoms with Gasteiger partial charge in [0.05, 0.1) is 24.4 Å². The molecule has 1 spiro atoms. The van der Waals surface area contributed by atoms with Crippen LogP contribution in [0.25, 0.3) is 27.1 Å². The van der Waals surface area contributed by atoms with Gasteiger partial charge in [0, 0.05) is 41.0 Å². The Morgan fingerprint density at radius 3 is 2.70 bits per heavy atom. The number of pyridine rings is 1. The molecule has 1 amide bonds. The molecule has 8 nitrogen and oxygen atoms in total. The number of ether oxygens (including phenoxy) is 1. The number of aromatic nitrogens is 4. The van der Waals surface area contributed by atoms with E-state index in [1.54, 1.807) is 6.33 Å². The first kappa shape index (κ1) is 24.6. The second-order valence-electron chi connectivity index (χ2n) is 11.3. The molecule has 196 valence electrons. The topological polar surface area (TPSA) is 102 Å². The number of carbonyl (C=O) groups excluding carboxylic acids is 1. The highest BCUT2D eigenvalue weighted by atomic mass is 32.1. The summed E-state index contributed by atoms with van der Waals surface area (Å²) >= 11 is 1.90. The van der Waals surface area contributed by atoms with E-state index in [2.05, 4.69) is 60.8 Å². The van der Waals surface area contributed by atoms with Crippen LogP contribution in [0.5, 0.6) is 0 Å². The summed E-state index contributed by atoms with van der Waals surface area (Å²) in [6.07, 6.45) is 6.71. The Hall–Kier alpha value is -2.75. The van der Waals surface area contributed by atoms with Gasteiger partial charge in [0.2, 0.25) is 5.91 Å². The minimum Gasteiger partial charge on any atom is -0.374 e. The number of aromatic amines is 1. The number of hydrogen-bond donors (Lipinski definition) is 2. The van der Waals surface area contributed by atoms with Gasteiger partial charge in [0.1, 0.15) is 11.2 Å². The zero-order chi connectivity index (χ0) is 26.1. The molecule has 3 N–H and O–H groups in total. The molecule has 2 aliphatic rings. The molecule has 0 bridgehead atoms. The Bertz CT molecular complexity index is 1500. The first-order chi connectivity index (χ1) is 17.7. The molecule has 4 aromatic heterocycles. The maximum atomic E-state index is 11.3. The van der Waals surface area contributed by atoms with Crippen molar-refractivity contribution in [1.29, 1.82) is 0 Å². The van der Waals surface area contributed by atoms with Gasteiger partial charge in [-0.15, -0.1) is 11.3 Å². The van der Waals surface area contributed by atoms with E-state index in [0.29, 0.717) is 18.4 Å². The van der Waals surface area contributed by atoms with E-state index < -0.39 is 0 Å². The average Bonchev–Trinajstić information content (AvgIpc) is 3.62. The number of hydrogen-bond acceptors (Lipinski definition) is 6. The number of likely N-dealkylation sites (tertiary alicyclic amines) is 1. The van der Waals surface area contributed by atoms with Gasteiger partial charge in [-0.1, -0.05) is 13.8 Å². The van der Waals surface area contributed by atoms with Crippen LogP contribution in [-0.2, 0) is 9.53 Å². The summed E-state index contributed by atoms with van der Waals surface area (Å²) in [5.41, 5.74) is 13.8. The lowest BCUT2D eigenvalue weighted by molar-refractivity contribution is -0.120. The summed E-state index contributed by atoms with van der Waals surface area (Å²) in [5.74, 6) is 0.529. The van der Waals surface area contributed by atoms with Crippen molar-refractivity contribution in [2.24, 2.45) is 5.73 Å². The van der Waals surface area contributed by atoms with Crippen molar-refractivity contribution in [1.82, 2.24) is 24.5 Å². The van der Waals surface area contributed by atoms with E-state index in [1.165, 1.54) is 43.0 Å². The number of thiophene rings is 1. The summed E-state index contributed by atoms with van der Waals surface area (Å²) in [7, 11) is 0. The summed E-state index contributed by atoms with van der Waals surface area (Å²) in [6, 6.07) is 0. The molecule has 9 heteroatoms. The number of primary amides is 1. The van der Waals surface area contributed by atoms with Gasteiger partial charge in [-0.05, 0) is 68.2 Å². The van der Waals surface area contributed by atoms with Crippen molar-refractivity contribution < 1.29 is 9.53 Å². The maximum absolute atomic E-state index is 11.3. The van der Waals surface area contributed by atoms with Crippen LogP contribution >= 0.6 is 11.3 Å². The van der Waals surface area contributed by atoms with E-state index in [4.69, 9.17) is 10.5 Å². The van der Waals surface area contributed by atoms with E-state index >= 15 is 0 Å². The molecule has 0 aromatic carbocycles. The van der Waals surface area contributed by atoms with E-state index in [9.17, 15) is 4.79 Å². The Balaban J connectivity index is 1.34. The van der Waals surface area contributed by atoms with Gasteiger partial charge < -0.3 is 15.5 Å². The predicted molar refractivity (Wildman–Crippen MR) is 147 cm³/mol. The first-order valence-corrected chi connectivity index (χ1v) is 14.1. The second kappa shape index (κ2) is 8.92. The molecule has 2 saturated heterocycles. The molecule has 37 heavy (non-hydrogen) atoms. The number of H-pyrrole nitrogens is 1. The third-order valence-electron chi connectivity index (χ3n) is 8.66. The van der Waals surface area contributed by atoms with Gasteiger partial charge >= 0.3 is 0 Å². The number of aryl methyl sites for hydroxylation is 2. The van der Waals surface area contributed by atoms with Gasteiger partial charge in [0.15, 0.2) is 5.65 Å². The Labute approximate surface area is 221 Å². The van der Waals surface area contributed by atoms with Crippen LogP contribution in [-0.4, -0.2) is 62.2 Å². The van der Waals surface area contributed by atoms with E-state index in [0.717, 1.165) is 50.2 Å². The fourth-order valence-electron chi connectivity index (χ4n) is 6.58. The minimum absolute atomic E-state index is 0.0726. The van der Waals surface area contributed by atoms with Crippen molar-refractivity contribution in [2.75, 3.05) is 26.2 Å². The molecule has 2 fully saturated rings. The standard InChI is InChI=1S/C28H36N6O2S/c1-15(2)22-23-18(5)25(19-10-28(36-13-19)6-8-33(9-7-28)12-21(29)35)37-27(23)32-24(22)20-11-34-26(30-14-31-34)17(4)16(20)3/h11,14-15,19,32H,6-10,12-13H2,1-5H3,(H2,29,35). The van der Waals surface area contributed by atoms with Crippen molar-refractivity contribution >= 4 is 33.1 Å². The molecule has 1 atom stereocenters. The summed E-state index contributed by atoms with van der Waals surface area (Å²) in [4.78, 5) is 24.4. The lowest BCUT2D eigenvalue weighted by Crippen LogP contribution is -2.46. The second-order valence-corrected chi connectivity index (χ2v) is 12.4. The Morgan fingerprint density at radius 2 is 2.00 bits per heavy atom. The highest BCUT2D eigenvalue weighted by Crippen LogP contribution is 2.49. The minimum atomic E-state index is -0.252. The monoisotopic (exact) mass is 520 g/mol. The Morgan fingerprint density at radius 1 is 1.24 bits per heavy atom. The van der Waals surface area contributed by atoms with Crippen molar-refractivity contribution in [3.8, 4) is 11.3 Å². The van der Waals surface area contributed by atoms with Gasteiger partial charge in [-0.25, -0.2) is 9.50 Å². The SMILES string of the molecule is Cc1c(-c2[nH]c3sc(C4COC5(CCN(CC(N)=O)CC5)C4)c(C)c3c2C(C)C)cn2ncnc2c1C. The lowest BCUT2D eigenvalue weighted by atomic mass is 9.84. The average molecular weight is 521 g/mol. The van der Waals surface area contributed by atoms with E-state index in [-0.39, 0.29) is 11.5 Å². The lowest BCUT2D eigenvalue weighted by Gasteiger charge is -2.38. The number of rotatable bonds is 5. The van der Waals surface area contributed by atoms with Crippen molar-refractivity contribution in [3.63, 3.8) is 0 Å². The van der Waals surface area contributed by atoms with Crippen molar-refractivity contribution in [2.45, 2.75) is 71.3 Å². The first-order valence-electron chi connectivity index (χ1n) is 13.3. The quantitative estimate of drug-likeness (QED) is 0.393. The fraction of sp³-hybridized carbons (Fsp3) is 0.536. The highest BCUT2D eigenvalue weighted by molar-refractivity contribution is 7.19. The number of amides is 1. The highest BCUT2D eigenvalue weighted by Gasteiger charge is 2.44. The largest absolute Gasteiger partial charge is 0.374 e. The van der Waals surface area contributed by atoms with Gasteiger partial charge in [-0.2, -0.15) is 5.10 Å². The van der Waals surface area contributed by atoms with Crippen molar-refractivity contribution in [3.05, 3.63) is 39.7 Å². The van der Waals surface area contributed by atoms with Crippen LogP contribution in [0, 0.1) is 20.8 Å². The van der Waals surface area contributed by atoms with Crippen LogP contribution in [0.1, 0.15) is 72.1 Å². The molecule has 1 unspecified atom stereocenters. The van der Waals surface area contributed by atoms with Crippen LogP contribution in [0.15, 0.2) is 12.5 Å². The molecule has 0 aliphatic carbocycles. The number of nitrogens with two attached hydrogens (primary N) is 1. The fourth-order valence-corrected chi connectivity index (χ4v) is 7.89. The predicted octanol–water partition coefficient (Wildman–Crippen LogP) is 4.81. The number of fused-ring (bicyclic) bond motifs is 2. The number of carbonyl (C=O) groups is 1. The van der Waals surface area contributed by atoms with Gasteiger partial charge in [0.25, 0.3) is 0 Å². The summed E-state index contributed by atoms with van der Waals surface area (Å²) in [5, 5.41) is 5.79. The third-order valence-corrected chi connectivity index (χ3v) is 10.0. The van der Waals surface area contributed by atoms with Crippen LogP contribution < -0.4 is 5.73 Å². The molecular weight excluding hydrogens is 484 g/mol. The van der Waals surface area contributed by atoms with Crippen LogP contribution in [0.3, 0.4) is 0 Å². The molecule has 0 radical (unpaired) electrons. The van der Waals surface area contributed by atoms with Crippen LogP contribution in [0.4, 0.5) is 0 Å². The molecule has 2 aliphatic heterocycles. The summed E-state index contributed by atoms with van der Waals surface area (Å²) < 4.78 is 8.39. The molecule has 4 aromatic rings. The molecule has 6 heterocycles. The molecular formula is C28H36N6O2S. The smallest absolute Gasteiger partial charge is 0.231 e. The molecule has 0 saturated carbocycles. The number of nitrogens with one attached hydrogen (secondary N) is 1. The van der Waals surface area contributed by atoms with Gasteiger partial charge in [-0.3, -0.25) is 9.69 Å². The normalized spacial score (nSPS) is 20.2. The Kier molecular flexibility index (Phi) is 5.93. The number of piperidine rings is 1. The zero-order valence-corrected chi connectivity index (χ0v) is 23.2. The molecule has 6 rings (SSSR count). The zero-order valence-electron chi connectivity index (χ0n) is 22.4. The summed E-state index contributed by atoms with van der Waals surface area (Å²) in [6.45, 7) is 14.0. The third kappa shape index (κ3) is 3.99.